The molecule has 0 radical (unpaired) electrons. The first-order valence-electron chi connectivity index (χ1n) is 8.31. The summed E-state index contributed by atoms with van der Waals surface area (Å²) in [7, 11) is 0. The molecule has 124 valence electrons. The Morgan fingerprint density at radius 1 is 0.808 bits per heavy atom. The Hall–Kier alpha value is -2.75. The van der Waals surface area contributed by atoms with Gasteiger partial charge in [-0.3, -0.25) is 4.40 Å². The predicted octanol–water partition coefficient (Wildman–Crippen LogP) is 6.58. The lowest BCUT2D eigenvalue weighted by Gasteiger charge is -2.06. The number of para-hydroxylation sites is 2. The molecule has 3 aromatic carbocycles. The van der Waals surface area contributed by atoms with Crippen molar-refractivity contribution >= 4 is 72.6 Å². The van der Waals surface area contributed by atoms with E-state index in [0.717, 1.165) is 49.4 Å². The number of fused-ring (bicyclic) bond motifs is 10. The van der Waals surface area contributed by atoms with E-state index in [0.29, 0.717) is 10.0 Å². The lowest BCUT2D eigenvalue weighted by atomic mass is 10.1. The molecule has 0 unspecified atom stereocenters. The number of aromatic nitrogens is 3. The summed E-state index contributed by atoms with van der Waals surface area (Å²) in [5.74, 6) is 0. The van der Waals surface area contributed by atoms with Crippen LogP contribution < -0.4 is 0 Å². The molecule has 0 atom stereocenters. The van der Waals surface area contributed by atoms with Crippen molar-refractivity contribution in [1.82, 2.24) is 14.4 Å². The van der Waals surface area contributed by atoms with Crippen molar-refractivity contribution in [3.8, 4) is 0 Å². The molecule has 0 saturated heterocycles. The average Bonchev–Trinajstić information content (AvgIpc) is 3.21. The quantitative estimate of drug-likeness (QED) is 0.319. The third kappa shape index (κ3) is 1.72. The summed E-state index contributed by atoms with van der Waals surface area (Å²) in [4.78, 5) is 8.49. The summed E-state index contributed by atoms with van der Waals surface area (Å²) in [5, 5.41) is 4.47. The van der Waals surface area contributed by atoms with Crippen LogP contribution in [0.25, 0.3) is 49.4 Å². The van der Waals surface area contributed by atoms with Crippen LogP contribution in [-0.2, 0) is 0 Å². The van der Waals surface area contributed by atoms with Crippen LogP contribution in [0.4, 0.5) is 0 Å². The van der Waals surface area contributed by atoms with Crippen LogP contribution in [0.2, 0.25) is 10.0 Å². The van der Waals surface area contributed by atoms with Crippen molar-refractivity contribution in [2.75, 3.05) is 0 Å². The first-order valence-corrected chi connectivity index (χ1v) is 9.06. The number of hydrogen-bond acceptors (Lipinski definition) is 1. The number of hydrogen-bond donors (Lipinski definition) is 1. The molecule has 5 heteroatoms. The van der Waals surface area contributed by atoms with Crippen LogP contribution in [0.15, 0.2) is 60.7 Å². The normalized spacial score (nSPS) is 12.2. The van der Waals surface area contributed by atoms with Gasteiger partial charge in [-0.25, -0.2) is 4.98 Å². The van der Waals surface area contributed by atoms with E-state index < -0.39 is 0 Å². The molecule has 6 aromatic rings. The molecule has 0 fully saturated rings. The zero-order valence-electron chi connectivity index (χ0n) is 13.4. The number of aromatic amines is 1. The fourth-order valence-electron chi connectivity index (χ4n) is 3.94. The Morgan fingerprint density at radius 2 is 1.54 bits per heavy atom. The maximum absolute atomic E-state index is 6.31. The molecule has 0 aliphatic heterocycles. The number of H-pyrrole nitrogens is 1. The highest BCUT2D eigenvalue weighted by molar-refractivity contribution is 6.42. The molecule has 3 aromatic heterocycles. The van der Waals surface area contributed by atoms with Crippen molar-refractivity contribution in [2.45, 2.75) is 0 Å². The topological polar surface area (TPSA) is 33.1 Å². The second-order valence-corrected chi connectivity index (χ2v) is 7.28. The minimum atomic E-state index is 0.516. The molecular formula is C21H11Cl2N3. The number of rotatable bonds is 0. The molecule has 0 bridgehead atoms. The molecule has 0 saturated carbocycles. The van der Waals surface area contributed by atoms with Gasteiger partial charge in [0.2, 0.25) is 0 Å². The maximum Gasteiger partial charge on any atom is 0.148 e. The van der Waals surface area contributed by atoms with E-state index in [2.05, 4.69) is 45.8 Å². The Bertz CT molecular complexity index is 1510. The second-order valence-electron chi connectivity index (χ2n) is 6.46. The number of benzene rings is 3. The third-order valence-electron chi connectivity index (χ3n) is 5.04. The Morgan fingerprint density at radius 3 is 2.42 bits per heavy atom. The van der Waals surface area contributed by atoms with E-state index in [-0.39, 0.29) is 0 Å². The highest BCUT2D eigenvalue weighted by Gasteiger charge is 2.18. The van der Waals surface area contributed by atoms with E-state index >= 15 is 0 Å². The molecule has 0 aliphatic rings. The minimum Gasteiger partial charge on any atom is -0.354 e. The van der Waals surface area contributed by atoms with Gasteiger partial charge >= 0.3 is 0 Å². The zero-order chi connectivity index (χ0) is 17.4. The van der Waals surface area contributed by atoms with Crippen LogP contribution in [0.5, 0.6) is 0 Å². The average molecular weight is 376 g/mol. The van der Waals surface area contributed by atoms with E-state index in [4.69, 9.17) is 28.2 Å². The van der Waals surface area contributed by atoms with Crippen LogP contribution in [-0.4, -0.2) is 14.4 Å². The molecular weight excluding hydrogens is 365 g/mol. The van der Waals surface area contributed by atoms with Crippen LogP contribution >= 0.6 is 23.2 Å². The summed E-state index contributed by atoms with van der Waals surface area (Å²) in [6.45, 7) is 0. The van der Waals surface area contributed by atoms with Gasteiger partial charge in [0.25, 0.3) is 0 Å². The van der Waals surface area contributed by atoms with Gasteiger partial charge < -0.3 is 4.98 Å². The summed E-state index contributed by atoms with van der Waals surface area (Å²) >= 11 is 12.5. The number of halogens is 2. The number of pyridine rings is 1. The summed E-state index contributed by atoms with van der Waals surface area (Å²) in [5.41, 5.74) is 5.98. The van der Waals surface area contributed by atoms with Gasteiger partial charge in [0, 0.05) is 16.3 Å². The summed E-state index contributed by atoms with van der Waals surface area (Å²) in [6.07, 6.45) is 0. The number of nitrogens with zero attached hydrogens (tertiary/aromatic N) is 2. The SMILES string of the molecule is Clc1cc2nc3c4c5ccccc5[nH]c4c4ccccc4n3c2cc1Cl. The van der Waals surface area contributed by atoms with Crippen molar-refractivity contribution in [3.05, 3.63) is 70.7 Å². The third-order valence-corrected chi connectivity index (χ3v) is 5.76. The molecule has 0 amide bonds. The second kappa shape index (κ2) is 4.91. The Labute approximate surface area is 157 Å². The molecule has 1 N–H and O–H groups in total. The van der Waals surface area contributed by atoms with Gasteiger partial charge in [-0.05, 0) is 24.3 Å². The molecule has 0 spiro atoms. The fourth-order valence-corrected chi connectivity index (χ4v) is 4.26. The molecule has 0 aliphatic carbocycles. The Balaban J connectivity index is 2.03. The van der Waals surface area contributed by atoms with Crippen LogP contribution in [0, 0.1) is 0 Å². The van der Waals surface area contributed by atoms with E-state index in [9.17, 15) is 0 Å². The van der Waals surface area contributed by atoms with Crippen molar-refractivity contribution < 1.29 is 0 Å². The van der Waals surface area contributed by atoms with Crippen LogP contribution in [0.1, 0.15) is 0 Å². The lowest BCUT2D eigenvalue weighted by molar-refractivity contribution is 1.31. The zero-order valence-corrected chi connectivity index (χ0v) is 14.9. The molecule has 26 heavy (non-hydrogen) atoms. The predicted molar refractivity (Wildman–Crippen MR) is 110 cm³/mol. The first-order chi connectivity index (χ1) is 12.7. The van der Waals surface area contributed by atoms with Crippen molar-refractivity contribution in [2.24, 2.45) is 0 Å². The highest BCUT2D eigenvalue weighted by Crippen LogP contribution is 2.37. The van der Waals surface area contributed by atoms with E-state index in [1.807, 2.05) is 24.3 Å². The monoisotopic (exact) mass is 375 g/mol. The standard InChI is InChI=1S/C21H11Cl2N3/c22-13-9-16-18(10-14(13)23)26-17-8-4-2-6-12(17)20-19(21(26)25-16)11-5-1-3-7-15(11)24-20/h1-10,24H. The fraction of sp³-hybridized carbons (Fsp3) is 0. The minimum absolute atomic E-state index is 0.516. The smallest absolute Gasteiger partial charge is 0.148 e. The Kier molecular flexibility index (Phi) is 2.72. The molecule has 3 nitrogen and oxygen atoms in total. The number of nitrogens with one attached hydrogen (secondary N) is 1. The van der Waals surface area contributed by atoms with Gasteiger partial charge in [-0.2, -0.15) is 0 Å². The largest absolute Gasteiger partial charge is 0.354 e. The van der Waals surface area contributed by atoms with Crippen molar-refractivity contribution in [3.63, 3.8) is 0 Å². The van der Waals surface area contributed by atoms with Gasteiger partial charge in [0.15, 0.2) is 0 Å². The first kappa shape index (κ1) is 14.4. The van der Waals surface area contributed by atoms with Crippen molar-refractivity contribution in [1.29, 1.82) is 0 Å². The summed E-state index contributed by atoms with van der Waals surface area (Å²) in [6, 6.07) is 20.4. The highest BCUT2D eigenvalue weighted by atomic mass is 35.5. The maximum atomic E-state index is 6.31. The van der Waals surface area contributed by atoms with Gasteiger partial charge in [-0.1, -0.05) is 59.6 Å². The summed E-state index contributed by atoms with van der Waals surface area (Å²) < 4.78 is 2.18. The van der Waals surface area contributed by atoms with Gasteiger partial charge in [0.05, 0.1) is 37.5 Å². The molecule has 3 heterocycles. The van der Waals surface area contributed by atoms with Crippen LogP contribution in [0.3, 0.4) is 0 Å². The van der Waals surface area contributed by atoms with Gasteiger partial charge in [0.1, 0.15) is 5.65 Å². The number of imidazole rings is 1. The molecule has 6 rings (SSSR count). The lowest BCUT2D eigenvalue weighted by Crippen LogP contribution is -1.90. The van der Waals surface area contributed by atoms with Gasteiger partial charge in [-0.15, -0.1) is 0 Å². The van der Waals surface area contributed by atoms with E-state index in [1.165, 1.54) is 0 Å². The van der Waals surface area contributed by atoms with E-state index in [1.54, 1.807) is 0 Å².